The van der Waals surface area contributed by atoms with Crippen LogP contribution in [-0.4, -0.2) is 17.7 Å². The van der Waals surface area contributed by atoms with Gasteiger partial charge in [0.1, 0.15) is 0 Å². The second kappa shape index (κ2) is 7.37. The Labute approximate surface area is 157 Å². The molecule has 136 valence electrons. The molecule has 2 N–H and O–H groups in total. The third kappa shape index (κ3) is 4.00. The third-order valence-electron chi connectivity index (χ3n) is 4.20. The van der Waals surface area contributed by atoms with E-state index in [2.05, 4.69) is 15.6 Å². The minimum Gasteiger partial charge on any atom is -0.454 e. The number of nitrogens with zero attached hydrogens (tertiary/aromatic N) is 1. The number of carbonyl (C=O) groups excluding carboxylic acids is 1. The Morgan fingerprint density at radius 2 is 1.93 bits per heavy atom. The third-order valence-corrected chi connectivity index (χ3v) is 4.20. The fourth-order valence-corrected chi connectivity index (χ4v) is 2.86. The molecule has 3 aromatic rings. The number of benzene rings is 2. The maximum Gasteiger partial charge on any atom is 0.253 e. The predicted octanol–water partition coefficient (Wildman–Crippen LogP) is 3.79. The quantitative estimate of drug-likeness (QED) is 0.723. The zero-order chi connectivity index (χ0) is 18.6. The molecule has 0 spiro atoms. The first-order valence-electron chi connectivity index (χ1n) is 8.63. The van der Waals surface area contributed by atoms with Gasteiger partial charge in [0.25, 0.3) is 5.91 Å². The molecule has 0 aliphatic carbocycles. The van der Waals surface area contributed by atoms with Gasteiger partial charge in [0.15, 0.2) is 11.5 Å². The molecule has 1 aliphatic heterocycles. The van der Waals surface area contributed by atoms with Crippen molar-refractivity contribution in [3.05, 3.63) is 77.6 Å². The standard InChI is InChI=1S/C21H19N3O3/c1-14-3-2-4-17(7-14)24-18-9-16(11-22-12-18)21(25)23-10-15-5-6-19-20(8-15)27-13-26-19/h2-9,11-12,24H,10,13H2,1H3,(H,23,25). The molecule has 0 fully saturated rings. The molecule has 27 heavy (non-hydrogen) atoms. The average Bonchev–Trinajstić information content (AvgIpc) is 3.14. The molecule has 2 aromatic carbocycles. The van der Waals surface area contributed by atoms with Crippen molar-refractivity contribution in [3.63, 3.8) is 0 Å². The summed E-state index contributed by atoms with van der Waals surface area (Å²) in [7, 11) is 0. The highest BCUT2D eigenvalue weighted by Gasteiger charge is 2.14. The molecule has 0 bridgehead atoms. The molecule has 0 radical (unpaired) electrons. The Balaban J connectivity index is 1.41. The molecular weight excluding hydrogens is 342 g/mol. The summed E-state index contributed by atoms with van der Waals surface area (Å²) in [6.45, 7) is 2.66. The van der Waals surface area contributed by atoms with E-state index in [1.165, 1.54) is 0 Å². The van der Waals surface area contributed by atoms with E-state index < -0.39 is 0 Å². The number of anilines is 2. The number of ether oxygens (including phenoxy) is 2. The van der Waals surface area contributed by atoms with Crippen LogP contribution >= 0.6 is 0 Å². The Morgan fingerprint density at radius 1 is 1.04 bits per heavy atom. The van der Waals surface area contributed by atoms with Crippen LogP contribution < -0.4 is 20.1 Å². The van der Waals surface area contributed by atoms with E-state index >= 15 is 0 Å². The Morgan fingerprint density at radius 3 is 2.81 bits per heavy atom. The highest BCUT2D eigenvalue weighted by Crippen LogP contribution is 2.32. The SMILES string of the molecule is Cc1cccc(Nc2cncc(C(=O)NCc3ccc4c(c3)OCO4)c2)c1. The molecule has 2 heterocycles. The number of amides is 1. The van der Waals surface area contributed by atoms with E-state index in [9.17, 15) is 4.79 Å². The topological polar surface area (TPSA) is 72.5 Å². The molecule has 6 heteroatoms. The van der Waals surface area contributed by atoms with Crippen molar-refractivity contribution in [2.24, 2.45) is 0 Å². The first-order chi connectivity index (χ1) is 13.2. The lowest BCUT2D eigenvalue weighted by molar-refractivity contribution is 0.0950. The average molecular weight is 361 g/mol. The monoisotopic (exact) mass is 361 g/mol. The van der Waals surface area contributed by atoms with Crippen molar-refractivity contribution in [3.8, 4) is 11.5 Å². The first kappa shape index (κ1) is 16.9. The summed E-state index contributed by atoms with van der Waals surface area (Å²) in [6.07, 6.45) is 3.24. The van der Waals surface area contributed by atoms with Crippen LogP contribution in [0.15, 0.2) is 60.9 Å². The van der Waals surface area contributed by atoms with Crippen LogP contribution in [-0.2, 0) is 6.54 Å². The number of hydrogen-bond acceptors (Lipinski definition) is 5. The van der Waals surface area contributed by atoms with Gasteiger partial charge >= 0.3 is 0 Å². The van der Waals surface area contributed by atoms with Gasteiger partial charge in [-0.15, -0.1) is 0 Å². The number of pyridine rings is 1. The van der Waals surface area contributed by atoms with E-state index in [1.54, 1.807) is 18.5 Å². The summed E-state index contributed by atoms with van der Waals surface area (Å²) in [4.78, 5) is 16.6. The molecule has 0 unspecified atom stereocenters. The van der Waals surface area contributed by atoms with E-state index in [1.807, 2.05) is 49.4 Å². The lowest BCUT2D eigenvalue weighted by atomic mass is 10.2. The van der Waals surface area contributed by atoms with Crippen LogP contribution in [0.2, 0.25) is 0 Å². The number of carbonyl (C=O) groups is 1. The van der Waals surface area contributed by atoms with Crippen LogP contribution in [0.5, 0.6) is 11.5 Å². The summed E-state index contributed by atoms with van der Waals surface area (Å²) in [5, 5.41) is 6.17. The van der Waals surface area contributed by atoms with Gasteiger partial charge in [0.05, 0.1) is 17.4 Å². The Bertz CT molecular complexity index is 988. The zero-order valence-corrected chi connectivity index (χ0v) is 14.9. The number of aromatic nitrogens is 1. The van der Waals surface area contributed by atoms with E-state index in [-0.39, 0.29) is 12.7 Å². The molecule has 0 saturated carbocycles. The predicted molar refractivity (Wildman–Crippen MR) is 102 cm³/mol. The molecule has 4 rings (SSSR count). The molecule has 1 aliphatic rings. The maximum absolute atomic E-state index is 12.5. The molecule has 1 amide bonds. The fourth-order valence-electron chi connectivity index (χ4n) is 2.86. The smallest absolute Gasteiger partial charge is 0.253 e. The minimum absolute atomic E-state index is 0.187. The number of nitrogens with one attached hydrogen (secondary N) is 2. The van der Waals surface area contributed by atoms with E-state index in [4.69, 9.17) is 9.47 Å². The number of rotatable bonds is 5. The summed E-state index contributed by atoms with van der Waals surface area (Å²) in [5.74, 6) is 1.24. The van der Waals surface area contributed by atoms with E-state index in [0.29, 0.717) is 17.9 Å². The van der Waals surface area contributed by atoms with E-state index in [0.717, 1.165) is 28.3 Å². The zero-order valence-electron chi connectivity index (χ0n) is 14.9. The second-order valence-corrected chi connectivity index (χ2v) is 6.33. The van der Waals surface area contributed by atoms with Gasteiger partial charge in [-0.25, -0.2) is 0 Å². The highest BCUT2D eigenvalue weighted by molar-refractivity contribution is 5.94. The van der Waals surface area contributed by atoms with Gasteiger partial charge in [0.2, 0.25) is 6.79 Å². The lowest BCUT2D eigenvalue weighted by Gasteiger charge is -2.09. The van der Waals surface area contributed by atoms with Crippen LogP contribution in [0.1, 0.15) is 21.5 Å². The molecule has 6 nitrogen and oxygen atoms in total. The van der Waals surface area contributed by atoms with Gasteiger partial charge in [-0.1, -0.05) is 18.2 Å². The molecule has 0 atom stereocenters. The van der Waals surface area contributed by atoms with Crippen LogP contribution in [0.3, 0.4) is 0 Å². The Hall–Kier alpha value is -3.54. The van der Waals surface area contributed by atoms with Gasteiger partial charge in [0, 0.05) is 18.4 Å². The van der Waals surface area contributed by atoms with Crippen LogP contribution in [0.4, 0.5) is 11.4 Å². The summed E-state index contributed by atoms with van der Waals surface area (Å²) >= 11 is 0. The van der Waals surface area contributed by atoms with Crippen molar-refractivity contribution in [2.45, 2.75) is 13.5 Å². The first-order valence-corrected chi connectivity index (χ1v) is 8.63. The molecule has 0 saturated heterocycles. The lowest BCUT2D eigenvalue weighted by Crippen LogP contribution is -2.23. The normalized spacial score (nSPS) is 11.9. The van der Waals surface area contributed by atoms with Crippen LogP contribution in [0.25, 0.3) is 0 Å². The summed E-state index contributed by atoms with van der Waals surface area (Å²) in [6, 6.07) is 15.4. The Kier molecular flexibility index (Phi) is 4.61. The fraction of sp³-hybridized carbons (Fsp3) is 0.143. The van der Waals surface area contributed by atoms with Crippen molar-refractivity contribution < 1.29 is 14.3 Å². The van der Waals surface area contributed by atoms with Gasteiger partial charge in [-0.3, -0.25) is 9.78 Å². The van der Waals surface area contributed by atoms with Gasteiger partial charge < -0.3 is 20.1 Å². The minimum atomic E-state index is -0.187. The second-order valence-electron chi connectivity index (χ2n) is 6.33. The van der Waals surface area contributed by atoms with Crippen molar-refractivity contribution >= 4 is 17.3 Å². The number of fused-ring (bicyclic) bond motifs is 1. The van der Waals surface area contributed by atoms with Gasteiger partial charge in [-0.05, 0) is 48.4 Å². The summed E-state index contributed by atoms with van der Waals surface area (Å²) < 4.78 is 10.7. The van der Waals surface area contributed by atoms with Crippen LogP contribution in [0, 0.1) is 6.92 Å². The van der Waals surface area contributed by atoms with Crippen molar-refractivity contribution in [1.82, 2.24) is 10.3 Å². The maximum atomic E-state index is 12.5. The number of hydrogen-bond donors (Lipinski definition) is 2. The van der Waals surface area contributed by atoms with Crippen molar-refractivity contribution in [1.29, 1.82) is 0 Å². The largest absolute Gasteiger partial charge is 0.454 e. The molecular formula is C21H19N3O3. The molecule has 1 aromatic heterocycles. The number of aryl methyl sites for hydroxylation is 1. The summed E-state index contributed by atoms with van der Waals surface area (Å²) in [5.41, 5.74) is 4.31. The van der Waals surface area contributed by atoms with Gasteiger partial charge in [-0.2, -0.15) is 0 Å². The highest BCUT2D eigenvalue weighted by atomic mass is 16.7. The van der Waals surface area contributed by atoms with Crippen molar-refractivity contribution in [2.75, 3.05) is 12.1 Å².